The Morgan fingerprint density at radius 2 is 2.18 bits per heavy atom. The van der Waals surface area contributed by atoms with Gasteiger partial charge in [-0.1, -0.05) is 30.4 Å². The molecule has 0 saturated heterocycles. The molecule has 0 spiro atoms. The molecule has 1 aromatic carbocycles. The van der Waals surface area contributed by atoms with Crippen LogP contribution in [0.25, 0.3) is 6.08 Å². The summed E-state index contributed by atoms with van der Waals surface area (Å²) in [6, 6.07) is 7.91. The van der Waals surface area contributed by atoms with Crippen LogP contribution in [-0.4, -0.2) is 19.1 Å². The Hall–Kier alpha value is -1.77. The van der Waals surface area contributed by atoms with Crippen molar-refractivity contribution in [3.8, 4) is 5.75 Å². The van der Waals surface area contributed by atoms with E-state index in [9.17, 15) is 4.79 Å². The molecule has 0 aliphatic rings. The molecule has 17 heavy (non-hydrogen) atoms. The van der Waals surface area contributed by atoms with Crippen LogP contribution in [0.3, 0.4) is 0 Å². The number of amides is 1. The van der Waals surface area contributed by atoms with E-state index in [1.807, 2.05) is 43.3 Å². The predicted octanol–water partition coefficient (Wildman–Crippen LogP) is 2.62. The number of rotatable bonds is 6. The summed E-state index contributed by atoms with van der Waals surface area (Å²) in [6.45, 7) is 4.82. The summed E-state index contributed by atoms with van der Waals surface area (Å²) in [6.07, 6.45) is 4.88. The van der Waals surface area contributed by atoms with Gasteiger partial charge in [0.15, 0.2) is 0 Å². The summed E-state index contributed by atoms with van der Waals surface area (Å²) in [5.74, 6) is 0.902. The monoisotopic (exact) mass is 233 g/mol. The second-order valence-corrected chi connectivity index (χ2v) is 3.64. The summed E-state index contributed by atoms with van der Waals surface area (Å²) >= 11 is 0. The Balaban J connectivity index is 2.49. The van der Waals surface area contributed by atoms with Gasteiger partial charge in [0.1, 0.15) is 5.75 Å². The number of carbonyl (C=O) groups excluding carboxylic acids is 1. The highest BCUT2D eigenvalue weighted by atomic mass is 16.5. The van der Waals surface area contributed by atoms with Crippen LogP contribution >= 0.6 is 0 Å². The van der Waals surface area contributed by atoms with Gasteiger partial charge in [-0.15, -0.1) is 0 Å². The largest absolute Gasteiger partial charge is 0.493 e. The number of para-hydroxylation sites is 1. The Labute approximate surface area is 102 Å². The Morgan fingerprint density at radius 3 is 2.88 bits per heavy atom. The number of hydrogen-bond donors (Lipinski definition) is 1. The fraction of sp³-hybridized carbons (Fsp3) is 0.357. The molecule has 0 saturated carbocycles. The second kappa shape index (κ2) is 7.49. The van der Waals surface area contributed by atoms with Gasteiger partial charge in [-0.3, -0.25) is 4.79 Å². The topological polar surface area (TPSA) is 38.3 Å². The zero-order valence-corrected chi connectivity index (χ0v) is 10.4. The highest BCUT2D eigenvalue weighted by Gasteiger charge is 1.97. The van der Waals surface area contributed by atoms with Crippen molar-refractivity contribution in [1.29, 1.82) is 0 Å². The first kappa shape index (κ1) is 13.3. The van der Waals surface area contributed by atoms with Crippen LogP contribution in [0.4, 0.5) is 0 Å². The summed E-state index contributed by atoms with van der Waals surface area (Å²) in [5, 5.41) is 2.75. The van der Waals surface area contributed by atoms with Gasteiger partial charge in [-0.05, 0) is 19.4 Å². The van der Waals surface area contributed by atoms with Gasteiger partial charge >= 0.3 is 0 Å². The number of benzene rings is 1. The van der Waals surface area contributed by atoms with Crippen LogP contribution in [0.15, 0.2) is 30.3 Å². The fourth-order valence-corrected chi connectivity index (χ4v) is 1.45. The van der Waals surface area contributed by atoms with Crippen molar-refractivity contribution < 1.29 is 9.53 Å². The summed E-state index contributed by atoms with van der Waals surface area (Å²) < 4.78 is 5.51. The second-order valence-electron chi connectivity index (χ2n) is 3.64. The Morgan fingerprint density at radius 1 is 1.41 bits per heavy atom. The normalized spacial score (nSPS) is 10.5. The lowest BCUT2D eigenvalue weighted by Gasteiger charge is -2.06. The van der Waals surface area contributed by atoms with Gasteiger partial charge in [0, 0.05) is 19.0 Å². The van der Waals surface area contributed by atoms with Crippen molar-refractivity contribution in [2.75, 3.05) is 13.2 Å². The first-order valence-electron chi connectivity index (χ1n) is 5.87. The average Bonchev–Trinajstić information content (AvgIpc) is 2.31. The minimum atomic E-state index is 0.00752. The van der Waals surface area contributed by atoms with E-state index in [1.54, 1.807) is 0 Å². The first-order valence-corrected chi connectivity index (χ1v) is 5.87. The minimum absolute atomic E-state index is 0.00752. The van der Waals surface area contributed by atoms with E-state index in [0.29, 0.717) is 13.2 Å². The van der Waals surface area contributed by atoms with Gasteiger partial charge < -0.3 is 10.1 Å². The van der Waals surface area contributed by atoms with E-state index in [4.69, 9.17) is 4.74 Å². The SMILES string of the molecule is CCOc1ccccc1C=CCCNC(C)=O. The molecule has 3 heteroatoms. The zero-order valence-electron chi connectivity index (χ0n) is 10.4. The van der Waals surface area contributed by atoms with Gasteiger partial charge in [-0.2, -0.15) is 0 Å². The lowest BCUT2D eigenvalue weighted by Crippen LogP contribution is -2.20. The van der Waals surface area contributed by atoms with Crippen molar-refractivity contribution in [3.63, 3.8) is 0 Å². The number of hydrogen-bond acceptors (Lipinski definition) is 2. The fourth-order valence-electron chi connectivity index (χ4n) is 1.45. The van der Waals surface area contributed by atoms with E-state index in [2.05, 4.69) is 5.32 Å². The molecule has 1 rings (SSSR count). The van der Waals surface area contributed by atoms with Crippen LogP contribution in [0, 0.1) is 0 Å². The summed E-state index contributed by atoms with van der Waals surface area (Å²) in [7, 11) is 0. The third kappa shape index (κ3) is 5.20. The van der Waals surface area contributed by atoms with E-state index >= 15 is 0 Å². The lowest BCUT2D eigenvalue weighted by molar-refractivity contribution is -0.118. The van der Waals surface area contributed by atoms with E-state index in [0.717, 1.165) is 17.7 Å². The standard InChI is InChI=1S/C14H19NO2/c1-3-17-14-10-5-4-8-13(14)9-6-7-11-15-12(2)16/h4-6,8-10H,3,7,11H2,1-2H3,(H,15,16). The molecule has 0 aliphatic carbocycles. The highest BCUT2D eigenvalue weighted by molar-refractivity contribution is 5.72. The molecular weight excluding hydrogens is 214 g/mol. The molecule has 3 nitrogen and oxygen atoms in total. The maximum atomic E-state index is 10.7. The van der Waals surface area contributed by atoms with Crippen molar-refractivity contribution in [2.45, 2.75) is 20.3 Å². The predicted molar refractivity (Wildman–Crippen MR) is 69.9 cm³/mol. The molecular formula is C14H19NO2. The van der Waals surface area contributed by atoms with Crippen LogP contribution in [-0.2, 0) is 4.79 Å². The van der Waals surface area contributed by atoms with Crippen molar-refractivity contribution in [3.05, 3.63) is 35.9 Å². The van der Waals surface area contributed by atoms with Gasteiger partial charge in [0.05, 0.1) is 6.61 Å². The molecule has 92 valence electrons. The van der Waals surface area contributed by atoms with Crippen LogP contribution in [0.1, 0.15) is 25.8 Å². The molecule has 0 radical (unpaired) electrons. The number of nitrogens with one attached hydrogen (secondary N) is 1. The molecule has 0 aromatic heterocycles. The molecule has 0 unspecified atom stereocenters. The van der Waals surface area contributed by atoms with Gasteiger partial charge in [-0.25, -0.2) is 0 Å². The highest BCUT2D eigenvalue weighted by Crippen LogP contribution is 2.19. The molecule has 0 atom stereocenters. The summed E-state index contributed by atoms with van der Waals surface area (Å²) in [4.78, 5) is 10.7. The third-order valence-electron chi connectivity index (χ3n) is 2.20. The van der Waals surface area contributed by atoms with Crippen molar-refractivity contribution in [2.24, 2.45) is 0 Å². The first-order chi connectivity index (χ1) is 8.24. The Kier molecular flexibility index (Phi) is 5.86. The molecule has 0 fully saturated rings. The maximum Gasteiger partial charge on any atom is 0.216 e. The summed E-state index contributed by atoms with van der Waals surface area (Å²) in [5.41, 5.74) is 1.07. The molecule has 0 heterocycles. The van der Waals surface area contributed by atoms with Gasteiger partial charge in [0.25, 0.3) is 0 Å². The maximum absolute atomic E-state index is 10.7. The molecule has 0 aliphatic heterocycles. The smallest absolute Gasteiger partial charge is 0.216 e. The molecule has 1 amide bonds. The Bertz CT molecular complexity index is 386. The van der Waals surface area contributed by atoms with Crippen molar-refractivity contribution >= 4 is 12.0 Å². The van der Waals surface area contributed by atoms with E-state index < -0.39 is 0 Å². The molecule has 1 N–H and O–H groups in total. The molecule has 0 bridgehead atoms. The van der Waals surface area contributed by atoms with Crippen LogP contribution in [0.2, 0.25) is 0 Å². The minimum Gasteiger partial charge on any atom is -0.493 e. The zero-order chi connectivity index (χ0) is 12.5. The number of ether oxygens (including phenoxy) is 1. The lowest BCUT2D eigenvalue weighted by atomic mass is 10.2. The molecule has 1 aromatic rings. The van der Waals surface area contributed by atoms with Gasteiger partial charge in [0.2, 0.25) is 5.91 Å². The van der Waals surface area contributed by atoms with E-state index in [1.165, 1.54) is 6.92 Å². The van der Waals surface area contributed by atoms with E-state index in [-0.39, 0.29) is 5.91 Å². The quantitative estimate of drug-likeness (QED) is 0.767. The number of carbonyl (C=O) groups is 1. The van der Waals surface area contributed by atoms with Crippen LogP contribution < -0.4 is 10.1 Å². The van der Waals surface area contributed by atoms with Crippen molar-refractivity contribution in [1.82, 2.24) is 5.32 Å². The third-order valence-corrected chi connectivity index (χ3v) is 2.20. The average molecular weight is 233 g/mol. The van der Waals surface area contributed by atoms with Crippen LogP contribution in [0.5, 0.6) is 5.75 Å².